The Morgan fingerprint density at radius 3 is 2.76 bits per heavy atom. The van der Waals surface area contributed by atoms with Crippen molar-refractivity contribution in [2.45, 2.75) is 32.7 Å². The molecule has 17 heavy (non-hydrogen) atoms. The van der Waals surface area contributed by atoms with Gasteiger partial charge in [-0.3, -0.25) is 0 Å². The van der Waals surface area contributed by atoms with Gasteiger partial charge in [0, 0.05) is 12.6 Å². The molecule has 1 aromatic rings. The Balaban J connectivity index is 2.65. The minimum absolute atomic E-state index is 0.274. The van der Waals surface area contributed by atoms with E-state index in [-0.39, 0.29) is 6.04 Å². The molecule has 1 unspecified atom stereocenters. The molecule has 0 saturated carbocycles. The molecule has 0 aliphatic rings. The molecule has 3 N–H and O–H groups in total. The molecular weight excluding hydrogens is 208 g/mol. The molecular formula is C15H24N2. The number of nitrogens with one attached hydrogen (secondary N) is 1. The minimum Gasteiger partial charge on any atom is -0.329 e. The topological polar surface area (TPSA) is 38.0 Å². The molecule has 0 aliphatic heterocycles. The first-order chi connectivity index (χ1) is 8.33. The van der Waals surface area contributed by atoms with E-state index in [0.29, 0.717) is 6.54 Å². The average molecular weight is 232 g/mol. The zero-order valence-corrected chi connectivity index (χ0v) is 10.9. The average Bonchev–Trinajstić information content (AvgIpc) is 2.39. The quantitative estimate of drug-likeness (QED) is 0.560. The summed E-state index contributed by atoms with van der Waals surface area (Å²) in [5.41, 5.74) is 8.60. The van der Waals surface area contributed by atoms with E-state index >= 15 is 0 Å². The normalized spacial score (nSPS) is 13.1. The molecule has 0 bridgehead atoms. The third-order valence-corrected chi connectivity index (χ3v) is 2.98. The summed E-state index contributed by atoms with van der Waals surface area (Å²) in [4.78, 5) is 0. The fraction of sp³-hybridized carbons (Fsp3) is 0.467. The molecule has 0 fully saturated rings. The molecule has 0 amide bonds. The maximum Gasteiger partial charge on any atom is 0.0447 e. The smallest absolute Gasteiger partial charge is 0.0447 e. The zero-order chi connectivity index (χ0) is 12.5. The van der Waals surface area contributed by atoms with E-state index in [4.69, 9.17) is 5.73 Å². The van der Waals surface area contributed by atoms with Crippen molar-refractivity contribution >= 4 is 0 Å². The molecule has 0 heterocycles. The Morgan fingerprint density at radius 1 is 1.35 bits per heavy atom. The van der Waals surface area contributed by atoms with Crippen LogP contribution in [0.2, 0.25) is 0 Å². The number of aryl methyl sites for hydroxylation is 1. The van der Waals surface area contributed by atoms with Gasteiger partial charge >= 0.3 is 0 Å². The molecule has 0 aliphatic carbocycles. The lowest BCUT2D eigenvalue weighted by Crippen LogP contribution is -2.29. The number of hydrogen-bond donors (Lipinski definition) is 2. The van der Waals surface area contributed by atoms with Crippen LogP contribution in [0.1, 0.15) is 37.4 Å². The molecule has 1 aromatic carbocycles. The summed E-state index contributed by atoms with van der Waals surface area (Å²) in [7, 11) is 0. The third-order valence-electron chi connectivity index (χ3n) is 2.98. The Labute approximate surface area is 105 Å². The SMILES string of the molecule is C/C=C/CCNC(CN)c1ccccc1CC. The number of allylic oxidation sites excluding steroid dienone is 1. The lowest BCUT2D eigenvalue weighted by molar-refractivity contribution is 0.544. The summed E-state index contributed by atoms with van der Waals surface area (Å²) in [6.45, 7) is 5.86. The number of rotatable bonds is 7. The van der Waals surface area contributed by atoms with Gasteiger partial charge in [0.15, 0.2) is 0 Å². The highest BCUT2D eigenvalue weighted by molar-refractivity contribution is 5.30. The monoisotopic (exact) mass is 232 g/mol. The first kappa shape index (κ1) is 13.9. The Morgan fingerprint density at radius 2 is 2.12 bits per heavy atom. The Bertz CT molecular complexity index is 345. The first-order valence-electron chi connectivity index (χ1n) is 6.45. The van der Waals surface area contributed by atoms with Crippen molar-refractivity contribution < 1.29 is 0 Å². The van der Waals surface area contributed by atoms with Crippen LogP contribution in [0.25, 0.3) is 0 Å². The third kappa shape index (κ3) is 4.33. The number of benzene rings is 1. The van der Waals surface area contributed by atoms with E-state index in [2.05, 4.69) is 48.7 Å². The van der Waals surface area contributed by atoms with Crippen LogP contribution in [-0.4, -0.2) is 13.1 Å². The van der Waals surface area contributed by atoms with E-state index < -0.39 is 0 Å². The summed E-state index contributed by atoms with van der Waals surface area (Å²) < 4.78 is 0. The van der Waals surface area contributed by atoms with E-state index in [0.717, 1.165) is 19.4 Å². The highest BCUT2D eigenvalue weighted by Crippen LogP contribution is 2.17. The van der Waals surface area contributed by atoms with Crippen LogP contribution in [-0.2, 0) is 6.42 Å². The van der Waals surface area contributed by atoms with Crippen LogP contribution in [0.4, 0.5) is 0 Å². The second-order valence-electron chi connectivity index (χ2n) is 4.15. The van der Waals surface area contributed by atoms with E-state index in [1.165, 1.54) is 11.1 Å². The predicted molar refractivity (Wildman–Crippen MR) is 75.0 cm³/mol. The molecule has 0 saturated heterocycles. The van der Waals surface area contributed by atoms with Crippen molar-refractivity contribution in [1.29, 1.82) is 0 Å². The molecule has 0 radical (unpaired) electrons. The van der Waals surface area contributed by atoms with Crippen LogP contribution in [0.3, 0.4) is 0 Å². The number of hydrogen-bond acceptors (Lipinski definition) is 2. The Hall–Kier alpha value is -1.12. The molecule has 1 rings (SSSR count). The molecule has 2 heteroatoms. The van der Waals surface area contributed by atoms with Gasteiger partial charge in [-0.15, -0.1) is 0 Å². The molecule has 0 spiro atoms. The second kappa shape index (κ2) is 8.04. The fourth-order valence-corrected chi connectivity index (χ4v) is 2.02. The number of nitrogens with two attached hydrogens (primary N) is 1. The van der Waals surface area contributed by atoms with Gasteiger partial charge in [-0.2, -0.15) is 0 Å². The van der Waals surface area contributed by atoms with Gasteiger partial charge in [-0.05, 0) is 37.4 Å². The molecule has 1 atom stereocenters. The molecule has 0 aromatic heterocycles. The van der Waals surface area contributed by atoms with Crippen molar-refractivity contribution in [3.63, 3.8) is 0 Å². The summed E-state index contributed by atoms with van der Waals surface area (Å²) in [5.74, 6) is 0. The van der Waals surface area contributed by atoms with Gasteiger partial charge in [-0.25, -0.2) is 0 Å². The minimum atomic E-state index is 0.274. The lowest BCUT2D eigenvalue weighted by Gasteiger charge is -2.19. The van der Waals surface area contributed by atoms with Crippen LogP contribution in [0, 0.1) is 0 Å². The Kier molecular flexibility index (Phi) is 6.60. The predicted octanol–water partition coefficient (Wildman–Crippen LogP) is 2.80. The van der Waals surface area contributed by atoms with Gasteiger partial charge in [0.05, 0.1) is 0 Å². The van der Waals surface area contributed by atoms with Crippen LogP contribution in [0.5, 0.6) is 0 Å². The summed E-state index contributed by atoms with van der Waals surface area (Å²) >= 11 is 0. The van der Waals surface area contributed by atoms with Crippen LogP contribution in [0.15, 0.2) is 36.4 Å². The second-order valence-corrected chi connectivity index (χ2v) is 4.15. The van der Waals surface area contributed by atoms with Gasteiger partial charge in [0.2, 0.25) is 0 Å². The maximum atomic E-state index is 5.86. The van der Waals surface area contributed by atoms with Gasteiger partial charge in [0.1, 0.15) is 0 Å². The largest absolute Gasteiger partial charge is 0.329 e. The van der Waals surface area contributed by atoms with Gasteiger partial charge < -0.3 is 11.1 Å². The summed E-state index contributed by atoms with van der Waals surface area (Å²) in [6.07, 6.45) is 6.37. The van der Waals surface area contributed by atoms with Crippen molar-refractivity contribution in [2.75, 3.05) is 13.1 Å². The lowest BCUT2D eigenvalue weighted by atomic mass is 9.98. The molecule has 94 valence electrons. The van der Waals surface area contributed by atoms with Gasteiger partial charge in [-0.1, -0.05) is 43.3 Å². The highest BCUT2D eigenvalue weighted by atomic mass is 14.9. The zero-order valence-electron chi connectivity index (χ0n) is 10.9. The first-order valence-corrected chi connectivity index (χ1v) is 6.45. The summed E-state index contributed by atoms with van der Waals surface area (Å²) in [6, 6.07) is 8.82. The molecule has 2 nitrogen and oxygen atoms in total. The van der Waals surface area contributed by atoms with Gasteiger partial charge in [0.25, 0.3) is 0 Å². The van der Waals surface area contributed by atoms with Crippen molar-refractivity contribution in [3.8, 4) is 0 Å². The summed E-state index contributed by atoms with van der Waals surface area (Å²) in [5, 5.41) is 3.52. The van der Waals surface area contributed by atoms with Crippen LogP contribution < -0.4 is 11.1 Å². The fourth-order valence-electron chi connectivity index (χ4n) is 2.02. The maximum absolute atomic E-state index is 5.86. The van der Waals surface area contributed by atoms with Crippen LogP contribution >= 0.6 is 0 Å². The highest BCUT2D eigenvalue weighted by Gasteiger charge is 2.11. The van der Waals surface area contributed by atoms with E-state index in [1.54, 1.807) is 0 Å². The standard InChI is InChI=1S/C15H24N2/c1-3-5-8-11-17-15(12-16)14-10-7-6-9-13(14)4-2/h3,5-7,9-10,15,17H,4,8,11-12,16H2,1-2H3/b5-3+. The van der Waals surface area contributed by atoms with E-state index in [9.17, 15) is 0 Å². The van der Waals surface area contributed by atoms with Crippen molar-refractivity contribution in [1.82, 2.24) is 5.32 Å². The van der Waals surface area contributed by atoms with Crippen molar-refractivity contribution in [2.24, 2.45) is 5.73 Å². The van der Waals surface area contributed by atoms with E-state index in [1.807, 2.05) is 6.92 Å². The van der Waals surface area contributed by atoms with Crippen molar-refractivity contribution in [3.05, 3.63) is 47.5 Å².